The lowest BCUT2D eigenvalue weighted by Gasteiger charge is -2.31. The van der Waals surface area contributed by atoms with Gasteiger partial charge < -0.3 is 5.32 Å². The molecule has 0 aromatic heterocycles. The van der Waals surface area contributed by atoms with Crippen LogP contribution >= 0.6 is 0 Å². The molecule has 20 heavy (non-hydrogen) atoms. The fraction of sp³-hybridized carbons (Fsp3) is 0.625. The molecule has 0 aliphatic heterocycles. The normalized spacial score (nSPS) is 14.2. The zero-order valence-electron chi connectivity index (χ0n) is 13.2. The molecule has 1 aromatic rings. The van der Waals surface area contributed by atoms with Crippen LogP contribution in [0.25, 0.3) is 0 Å². The molecular weight excluding hydrogens is 270 g/mol. The molecule has 3 nitrogen and oxygen atoms in total. The molecule has 0 aliphatic carbocycles. The van der Waals surface area contributed by atoms with Crippen LogP contribution in [0, 0.1) is 5.41 Å². The third-order valence-electron chi connectivity index (χ3n) is 3.60. The molecule has 0 fully saturated rings. The van der Waals surface area contributed by atoms with E-state index >= 15 is 0 Å². The Kier molecular flexibility index (Phi) is 5.78. The van der Waals surface area contributed by atoms with Crippen LogP contribution in [0.5, 0.6) is 0 Å². The van der Waals surface area contributed by atoms with E-state index < -0.39 is 9.84 Å². The van der Waals surface area contributed by atoms with E-state index in [9.17, 15) is 8.42 Å². The number of benzene rings is 1. The lowest BCUT2D eigenvalue weighted by molar-refractivity contribution is 0.270. The summed E-state index contributed by atoms with van der Waals surface area (Å²) in [6, 6.07) is 7.68. The zero-order valence-corrected chi connectivity index (χ0v) is 14.0. The number of sulfone groups is 1. The van der Waals surface area contributed by atoms with Crippen molar-refractivity contribution in [1.82, 2.24) is 5.32 Å². The quantitative estimate of drug-likeness (QED) is 0.878. The summed E-state index contributed by atoms with van der Waals surface area (Å²) in [6.07, 6.45) is 0.907. The highest BCUT2D eigenvalue weighted by atomic mass is 32.2. The van der Waals surface area contributed by atoms with Crippen molar-refractivity contribution < 1.29 is 8.42 Å². The van der Waals surface area contributed by atoms with Gasteiger partial charge in [-0.1, -0.05) is 46.8 Å². The van der Waals surface area contributed by atoms with Gasteiger partial charge in [0, 0.05) is 6.04 Å². The van der Waals surface area contributed by atoms with E-state index in [4.69, 9.17) is 0 Å². The first-order chi connectivity index (χ1) is 9.20. The highest BCUT2D eigenvalue weighted by Gasteiger charge is 2.23. The minimum Gasteiger partial charge on any atom is -0.313 e. The fourth-order valence-electron chi connectivity index (χ4n) is 2.17. The van der Waals surface area contributed by atoms with Gasteiger partial charge in [-0.15, -0.1) is 0 Å². The Hall–Kier alpha value is -0.870. The molecule has 0 bridgehead atoms. The second-order valence-corrected chi connectivity index (χ2v) is 8.51. The minimum absolute atomic E-state index is 0.147. The van der Waals surface area contributed by atoms with E-state index in [1.807, 2.05) is 12.1 Å². The predicted octanol–water partition coefficient (Wildman–Crippen LogP) is 3.05. The van der Waals surface area contributed by atoms with Gasteiger partial charge in [0.15, 0.2) is 9.84 Å². The van der Waals surface area contributed by atoms with Crippen LogP contribution in [0.15, 0.2) is 29.2 Å². The minimum atomic E-state index is -3.10. The Morgan fingerprint density at radius 1 is 1.10 bits per heavy atom. The Bertz CT molecular complexity index is 512. The molecule has 1 rings (SSSR count). The van der Waals surface area contributed by atoms with E-state index in [0.717, 1.165) is 13.0 Å². The molecule has 1 N–H and O–H groups in total. The molecular formula is C16H27NO2S. The summed E-state index contributed by atoms with van der Waals surface area (Å²) < 4.78 is 23.6. The SMILES string of the molecule is CCNC(Cc1ccc(S(=O)(=O)CC)cc1)C(C)(C)C. The van der Waals surface area contributed by atoms with Gasteiger partial charge in [0.1, 0.15) is 0 Å². The van der Waals surface area contributed by atoms with Gasteiger partial charge in [0.2, 0.25) is 0 Å². The molecule has 0 saturated carbocycles. The predicted molar refractivity (Wildman–Crippen MR) is 84.8 cm³/mol. The van der Waals surface area contributed by atoms with Gasteiger partial charge in [-0.2, -0.15) is 0 Å². The van der Waals surface area contributed by atoms with Gasteiger partial charge in [0.05, 0.1) is 10.6 Å². The van der Waals surface area contributed by atoms with Crippen molar-refractivity contribution >= 4 is 9.84 Å². The molecule has 1 aromatic carbocycles. The maximum atomic E-state index is 11.8. The lowest BCUT2D eigenvalue weighted by Crippen LogP contribution is -2.41. The van der Waals surface area contributed by atoms with E-state index in [1.165, 1.54) is 5.56 Å². The first-order valence-corrected chi connectivity index (χ1v) is 8.91. The summed E-state index contributed by atoms with van der Waals surface area (Å²) in [5.74, 6) is 0.147. The Morgan fingerprint density at radius 2 is 1.65 bits per heavy atom. The maximum absolute atomic E-state index is 11.8. The molecule has 0 amide bonds. The molecule has 0 radical (unpaired) electrons. The third kappa shape index (κ3) is 4.60. The standard InChI is InChI=1S/C16H27NO2S/c1-6-17-15(16(3,4)5)12-13-8-10-14(11-9-13)20(18,19)7-2/h8-11,15,17H,6-7,12H2,1-5H3. The topological polar surface area (TPSA) is 46.2 Å². The van der Waals surface area contributed by atoms with Crippen LogP contribution in [-0.2, 0) is 16.3 Å². The summed E-state index contributed by atoms with van der Waals surface area (Å²) >= 11 is 0. The van der Waals surface area contributed by atoms with Crippen molar-refractivity contribution in [2.75, 3.05) is 12.3 Å². The highest BCUT2D eigenvalue weighted by molar-refractivity contribution is 7.91. The number of rotatable bonds is 6. The molecule has 0 saturated heterocycles. The fourth-order valence-corrected chi connectivity index (χ4v) is 3.05. The number of likely N-dealkylation sites (N-methyl/N-ethyl adjacent to an activating group) is 1. The Labute approximate surface area is 123 Å². The summed E-state index contributed by atoms with van der Waals surface area (Å²) in [5.41, 5.74) is 1.34. The molecule has 0 spiro atoms. The molecule has 1 unspecified atom stereocenters. The second kappa shape index (κ2) is 6.72. The van der Waals surface area contributed by atoms with E-state index in [-0.39, 0.29) is 11.2 Å². The Morgan fingerprint density at radius 3 is 2.05 bits per heavy atom. The molecule has 0 aliphatic rings. The van der Waals surface area contributed by atoms with Crippen LogP contribution < -0.4 is 5.32 Å². The van der Waals surface area contributed by atoms with Crippen LogP contribution in [-0.4, -0.2) is 26.8 Å². The number of nitrogens with one attached hydrogen (secondary N) is 1. The van der Waals surface area contributed by atoms with E-state index in [2.05, 4.69) is 33.0 Å². The summed E-state index contributed by atoms with van der Waals surface area (Å²) in [6.45, 7) is 11.4. The maximum Gasteiger partial charge on any atom is 0.178 e. The number of hydrogen-bond acceptors (Lipinski definition) is 3. The van der Waals surface area contributed by atoms with Crippen LogP contribution in [0.3, 0.4) is 0 Å². The number of hydrogen-bond donors (Lipinski definition) is 1. The summed E-state index contributed by atoms with van der Waals surface area (Å²) in [4.78, 5) is 0.416. The Balaban J connectivity index is 2.89. The van der Waals surface area contributed by atoms with E-state index in [1.54, 1.807) is 19.1 Å². The largest absolute Gasteiger partial charge is 0.313 e. The second-order valence-electron chi connectivity index (χ2n) is 6.23. The van der Waals surface area contributed by atoms with Crippen molar-refractivity contribution in [3.63, 3.8) is 0 Å². The first-order valence-electron chi connectivity index (χ1n) is 7.25. The van der Waals surface area contributed by atoms with Crippen LogP contribution in [0.4, 0.5) is 0 Å². The van der Waals surface area contributed by atoms with Gasteiger partial charge in [-0.25, -0.2) is 8.42 Å². The average Bonchev–Trinajstić information content (AvgIpc) is 2.38. The lowest BCUT2D eigenvalue weighted by atomic mass is 9.83. The summed E-state index contributed by atoms with van der Waals surface area (Å²) in [5, 5.41) is 3.51. The smallest absolute Gasteiger partial charge is 0.178 e. The zero-order chi connectivity index (χ0) is 15.4. The van der Waals surface area contributed by atoms with Crippen LogP contribution in [0.2, 0.25) is 0 Å². The van der Waals surface area contributed by atoms with Gasteiger partial charge >= 0.3 is 0 Å². The van der Waals surface area contributed by atoms with Gasteiger partial charge in [0.25, 0.3) is 0 Å². The molecule has 1 atom stereocenters. The van der Waals surface area contributed by atoms with Crippen LogP contribution in [0.1, 0.15) is 40.2 Å². The monoisotopic (exact) mass is 297 g/mol. The van der Waals surface area contributed by atoms with Crippen molar-refractivity contribution in [1.29, 1.82) is 0 Å². The molecule has 0 heterocycles. The highest BCUT2D eigenvalue weighted by Crippen LogP contribution is 2.23. The van der Waals surface area contributed by atoms with E-state index in [0.29, 0.717) is 10.9 Å². The van der Waals surface area contributed by atoms with Crippen molar-refractivity contribution in [3.8, 4) is 0 Å². The van der Waals surface area contributed by atoms with Crippen molar-refractivity contribution in [2.24, 2.45) is 5.41 Å². The molecule has 114 valence electrons. The van der Waals surface area contributed by atoms with Gasteiger partial charge in [-0.05, 0) is 36.1 Å². The third-order valence-corrected chi connectivity index (χ3v) is 5.35. The van der Waals surface area contributed by atoms with Crippen molar-refractivity contribution in [3.05, 3.63) is 29.8 Å². The summed E-state index contributed by atoms with van der Waals surface area (Å²) in [7, 11) is -3.10. The van der Waals surface area contributed by atoms with Gasteiger partial charge in [-0.3, -0.25) is 0 Å². The molecule has 4 heteroatoms. The first kappa shape index (κ1) is 17.2. The van der Waals surface area contributed by atoms with Crippen molar-refractivity contribution in [2.45, 2.75) is 52.0 Å². The average molecular weight is 297 g/mol.